The van der Waals surface area contributed by atoms with Gasteiger partial charge in [-0.3, -0.25) is 10.1 Å². The Labute approximate surface area is 96.2 Å². The van der Waals surface area contributed by atoms with E-state index in [0.29, 0.717) is 4.47 Å². The van der Waals surface area contributed by atoms with Gasteiger partial charge in [0.1, 0.15) is 0 Å². The molecule has 0 saturated heterocycles. The van der Waals surface area contributed by atoms with Crippen LogP contribution >= 0.6 is 28.3 Å². The maximum Gasteiger partial charge on any atom is 0.283 e. The lowest BCUT2D eigenvalue weighted by Crippen LogP contribution is -2.05. The van der Waals surface area contributed by atoms with Crippen LogP contribution in [-0.2, 0) is 0 Å². The Bertz CT molecular complexity index is 344. The molecule has 2 N–H and O–H groups in total. The van der Waals surface area contributed by atoms with E-state index in [1.54, 1.807) is 19.1 Å². The fraction of sp³-hybridized carbons (Fsp3) is 0.250. The van der Waals surface area contributed by atoms with Crippen LogP contribution in [0.5, 0.6) is 0 Å². The van der Waals surface area contributed by atoms with E-state index in [0.717, 1.165) is 5.56 Å². The summed E-state index contributed by atoms with van der Waals surface area (Å²) in [6.07, 6.45) is 0. The first-order valence-electron chi connectivity index (χ1n) is 3.72. The molecule has 0 amide bonds. The highest BCUT2D eigenvalue weighted by Crippen LogP contribution is 2.27. The zero-order valence-corrected chi connectivity index (χ0v) is 9.84. The quantitative estimate of drug-likeness (QED) is 0.669. The molecule has 14 heavy (non-hydrogen) atoms. The summed E-state index contributed by atoms with van der Waals surface area (Å²) in [7, 11) is 0. The summed E-state index contributed by atoms with van der Waals surface area (Å²) < 4.78 is 0.474. The number of nitro groups is 1. The molecule has 0 unspecified atom stereocenters. The van der Waals surface area contributed by atoms with E-state index in [1.807, 2.05) is 0 Å². The van der Waals surface area contributed by atoms with Gasteiger partial charge in [0.25, 0.3) is 5.69 Å². The minimum Gasteiger partial charge on any atom is -0.324 e. The van der Waals surface area contributed by atoms with E-state index in [2.05, 4.69) is 15.9 Å². The maximum atomic E-state index is 10.5. The highest BCUT2D eigenvalue weighted by atomic mass is 79.9. The van der Waals surface area contributed by atoms with Gasteiger partial charge in [-0.15, -0.1) is 12.4 Å². The number of rotatable bonds is 2. The summed E-state index contributed by atoms with van der Waals surface area (Å²) in [5, 5.41) is 10.5. The molecule has 1 rings (SSSR count). The largest absolute Gasteiger partial charge is 0.324 e. The Morgan fingerprint density at radius 2 is 2.14 bits per heavy atom. The van der Waals surface area contributed by atoms with Crippen molar-refractivity contribution in [2.24, 2.45) is 5.73 Å². The van der Waals surface area contributed by atoms with E-state index in [1.165, 1.54) is 6.07 Å². The molecule has 78 valence electrons. The average Bonchev–Trinajstić information content (AvgIpc) is 2.04. The van der Waals surface area contributed by atoms with Gasteiger partial charge in [-0.05, 0) is 34.5 Å². The Hall–Kier alpha value is -0.650. The van der Waals surface area contributed by atoms with Crippen molar-refractivity contribution in [2.45, 2.75) is 13.0 Å². The van der Waals surface area contributed by atoms with Crippen molar-refractivity contribution >= 4 is 34.0 Å². The monoisotopic (exact) mass is 280 g/mol. The standard InChI is InChI=1S/C8H9BrN2O2.ClH/c1-5(10)6-2-3-7(9)8(4-6)11(12)13;/h2-5H,10H2,1H3;1H/t5-;/m0./s1. The second-order valence-electron chi connectivity index (χ2n) is 2.76. The first-order chi connectivity index (χ1) is 6.02. The van der Waals surface area contributed by atoms with Crippen LogP contribution in [0.25, 0.3) is 0 Å². The molecule has 0 aliphatic rings. The van der Waals surface area contributed by atoms with E-state index < -0.39 is 4.92 Å². The molecular weight excluding hydrogens is 271 g/mol. The molecule has 0 bridgehead atoms. The van der Waals surface area contributed by atoms with Gasteiger partial charge in [-0.25, -0.2) is 0 Å². The molecule has 4 nitrogen and oxygen atoms in total. The molecule has 1 aromatic rings. The average molecular weight is 282 g/mol. The summed E-state index contributed by atoms with van der Waals surface area (Å²) in [6.45, 7) is 1.78. The van der Waals surface area contributed by atoms with Crippen molar-refractivity contribution in [2.75, 3.05) is 0 Å². The molecule has 1 aromatic carbocycles. The van der Waals surface area contributed by atoms with Gasteiger partial charge < -0.3 is 5.73 Å². The van der Waals surface area contributed by atoms with Crippen LogP contribution < -0.4 is 5.73 Å². The smallest absolute Gasteiger partial charge is 0.283 e. The molecule has 0 aliphatic carbocycles. The van der Waals surface area contributed by atoms with Crippen LogP contribution in [0.2, 0.25) is 0 Å². The summed E-state index contributed by atoms with van der Waals surface area (Å²) in [6, 6.07) is 4.69. The number of hydrogen-bond acceptors (Lipinski definition) is 3. The molecule has 0 aromatic heterocycles. The maximum absolute atomic E-state index is 10.5. The van der Waals surface area contributed by atoms with Crippen molar-refractivity contribution in [1.29, 1.82) is 0 Å². The summed E-state index contributed by atoms with van der Waals surface area (Å²) in [5.41, 5.74) is 6.40. The lowest BCUT2D eigenvalue weighted by atomic mass is 10.1. The van der Waals surface area contributed by atoms with Gasteiger partial charge >= 0.3 is 0 Å². The molecule has 0 spiro atoms. The zero-order chi connectivity index (χ0) is 10.0. The minimum absolute atomic E-state index is 0. The summed E-state index contributed by atoms with van der Waals surface area (Å²) >= 11 is 3.10. The van der Waals surface area contributed by atoms with E-state index in [-0.39, 0.29) is 24.1 Å². The Kier molecular flexibility index (Phi) is 5.04. The van der Waals surface area contributed by atoms with Gasteiger partial charge in [0.05, 0.1) is 9.40 Å². The van der Waals surface area contributed by atoms with Crippen LogP contribution in [-0.4, -0.2) is 4.92 Å². The Balaban J connectivity index is 0.00000169. The number of benzene rings is 1. The number of nitrogens with zero attached hydrogens (tertiary/aromatic N) is 1. The van der Waals surface area contributed by atoms with Crippen molar-refractivity contribution < 1.29 is 4.92 Å². The zero-order valence-electron chi connectivity index (χ0n) is 7.44. The molecule has 0 heterocycles. The predicted octanol–water partition coefficient (Wildman–Crippen LogP) is 2.80. The summed E-state index contributed by atoms with van der Waals surface area (Å²) in [5.74, 6) is 0. The second kappa shape index (κ2) is 5.29. The first kappa shape index (κ1) is 13.4. The van der Waals surface area contributed by atoms with Crippen molar-refractivity contribution in [1.82, 2.24) is 0 Å². The molecule has 0 saturated carbocycles. The number of nitro benzene ring substituents is 1. The lowest BCUT2D eigenvalue weighted by Gasteiger charge is -2.05. The van der Waals surface area contributed by atoms with Crippen LogP contribution in [0.15, 0.2) is 22.7 Å². The van der Waals surface area contributed by atoms with Gasteiger partial charge in [-0.2, -0.15) is 0 Å². The number of nitrogens with two attached hydrogens (primary N) is 1. The summed E-state index contributed by atoms with van der Waals surface area (Å²) in [4.78, 5) is 10.1. The molecule has 1 atom stereocenters. The van der Waals surface area contributed by atoms with Crippen molar-refractivity contribution in [3.63, 3.8) is 0 Å². The fourth-order valence-electron chi connectivity index (χ4n) is 0.953. The van der Waals surface area contributed by atoms with Gasteiger partial charge in [0, 0.05) is 12.1 Å². The molecule has 0 fully saturated rings. The van der Waals surface area contributed by atoms with Gasteiger partial charge in [0.2, 0.25) is 0 Å². The van der Waals surface area contributed by atoms with Crippen LogP contribution in [0.4, 0.5) is 5.69 Å². The van der Waals surface area contributed by atoms with Crippen LogP contribution in [0.1, 0.15) is 18.5 Å². The third kappa shape index (κ3) is 2.94. The van der Waals surface area contributed by atoms with Gasteiger partial charge in [0.15, 0.2) is 0 Å². The third-order valence-corrected chi connectivity index (χ3v) is 2.36. The second-order valence-corrected chi connectivity index (χ2v) is 3.61. The highest BCUT2D eigenvalue weighted by Gasteiger charge is 2.13. The normalized spacial score (nSPS) is 11.6. The van der Waals surface area contributed by atoms with E-state index in [9.17, 15) is 10.1 Å². The molecule has 0 radical (unpaired) electrons. The Morgan fingerprint density at radius 1 is 1.57 bits per heavy atom. The SMILES string of the molecule is C[C@H](N)c1ccc(Br)c([N+](=O)[O-])c1.Cl. The molecule has 6 heteroatoms. The number of halogens is 2. The Morgan fingerprint density at radius 3 is 2.57 bits per heavy atom. The van der Waals surface area contributed by atoms with Crippen LogP contribution in [0.3, 0.4) is 0 Å². The predicted molar refractivity (Wildman–Crippen MR) is 60.6 cm³/mol. The molecular formula is C8H10BrClN2O2. The minimum atomic E-state index is -0.435. The molecule has 0 aliphatic heterocycles. The van der Waals surface area contributed by atoms with Crippen molar-refractivity contribution in [3.05, 3.63) is 38.3 Å². The highest BCUT2D eigenvalue weighted by molar-refractivity contribution is 9.10. The van der Waals surface area contributed by atoms with Crippen LogP contribution in [0, 0.1) is 10.1 Å². The van der Waals surface area contributed by atoms with Gasteiger partial charge in [-0.1, -0.05) is 6.07 Å². The lowest BCUT2D eigenvalue weighted by molar-refractivity contribution is -0.385. The van der Waals surface area contributed by atoms with Crippen molar-refractivity contribution in [3.8, 4) is 0 Å². The number of hydrogen-bond donors (Lipinski definition) is 1. The van der Waals surface area contributed by atoms with E-state index in [4.69, 9.17) is 5.73 Å². The third-order valence-electron chi connectivity index (χ3n) is 1.69. The fourth-order valence-corrected chi connectivity index (χ4v) is 1.34. The topological polar surface area (TPSA) is 69.2 Å². The first-order valence-corrected chi connectivity index (χ1v) is 4.51. The van der Waals surface area contributed by atoms with E-state index >= 15 is 0 Å².